The minimum absolute atomic E-state index is 0.179. The fraction of sp³-hybridized carbons (Fsp3) is 0.571. The molecule has 0 N–H and O–H groups in total. The summed E-state index contributed by atoms with van der Waals surface area (Å²) in [7, 11) is 0. The lowest BCUT2D eigenvalue weighted by molar-refractivity contribution is -0.127. The van der Waals surface area contributed by atoms with Crippen molar-refractivity contribution >= 4 is 35.0 Å². The summed E-state index contributed by atoms with van der Waals surface area (Å²) in [5, 5.41) is 1.57. The maximum atomic E-state index is 12.2. The molecule has 2 aliphatic rings. The molecule has 0 aromatic heterocycles. The molecule has 2 aromatic rings. The average molecular weight is 696 g/mol. The number of nitrogens with zero attached hydrogens (tertiary/aromatic N) is 2. The number of piperidine rings is 2. The van der Waals surface area contributed by atoms with Crippen molar-refractivity contribution in [3.8, 4) is 0 Å². The van der Waals surface area contributed by atoms with Crippen molar-refractivity contribution in [2.75, 3.05) is 26.2 Å². The van der Waals surface area contributed by atoms with Gasteiger partial charge in [-0.05, 0) is 111 Å². The molecule has 0 unspecified atom stereocenters. The normalized spacial score (nSPS) is 16.0. The third-order valence-corrected chi connectivity index (χ3v) is 10.3. The molecule has 2 saturated heterocycles. The van der Waals surface area contributed by atoms with Crippen LogP contribution in [0.5, 0.6) is 0 Å². The Labute approximate surface area is 302 Å². The first-order chi connectivity index (χ1) is 23.4. The van der Waals surface area contributed by atoms with Gasteiger partial charge in [-0.15, -0.1) is 0 Å². The lowest BCUT2D eigenvalue weighted by Gasteiger charge is -2.31. The summed E-state index contributed by atoms with van der Waals surface area (Å²) >= 11 is 11.9. The van der Waals surface area contributed by atoms with Gasteiger partial charge in [0.1, 0.15) is 0 Å². The lowest BCUT2D eigenvalue weighted by Crippen LogP contribution is -2.36. The smallest absolute Gasteiger partial charge is 0.246 e. The van der Waals surface area contributed by atoms with E-state index in [1.165, 1.54) is 75.3 Å². The summed E-state index contributed by atoms with van der Waals surface area (Å²) in [5.41, 5.74) is 2.68. The molecule has 264 valence electrons. The molecular formula is C42H60Cl2N2O2. The number of unbranched alkanes of at least 4 members (excludes halogenated alkanes) is 10. The van der Waals surface area contributed by atoms with Gasteiger partial charge in [-0.1, -0.05) is 125 Å². The number of carbonyl (C=O) groups excluding carboxylic acids is 2. The molecule has 0 atom stereocenters. The average Bonchev–Trinajstić information content (AvgIpc) is 3.12. The number of benzene rings is 2. The Balaban J connectivity index is 0.000000260. The van der Waals surface area contributed by atoms with Crippen LogP contribution in [0.25, 0.3) is 0 Å². The molecule has 4 rings (SSSR count). The molecule has 6 heteroatoms. The van der Waals surface area contributed by atoms with Gasteiger partial charge < -0.3 is 9.80 Å². The molecular weight excluding hydrogens is 635 g/mol. The first-order valence-corrected chi connectivity index (χ1v) is 19.6. The molecule has 2 aliphatic heterocycles. The molecule has 2 aromatic carbocycles. The Kier molecular flexibility index (Phi) is 19.7. The van der Waals surface area contributed by atoms with Crippen LogP contribution < -0.4 is 0 Å². The zero-order valence-corrected chi connectivity index (χ0v) is 31.2. The molecule has 0 aliphatic carbocycles. The summed E-state index contributed by atoms with van der Waals surface area (Å²) < 4.78 is 0. The minimum atomic E-state index is 0.179. The van der Waals surface area contributed by atoms with Crippen LogP contribution in [0.15, 0.2) is 72.8 Å². The molecule has 2 fully saturated rings. The molecule has 0 radical (unpaired) electrons. The van der Waals surface area contributed by atoms with Gasteiger partial charge in [0.2, 0.25) is 11.8 Å². The van der Waals surface area contributed by atoms with Crippen LogP contribution in [-0.4, -0.2) is 47.8 Å². The van der Waals surface area contributed by atoms with Crippen molar-refractivity contribution in [3.05, 3.63) is 94.0 Å². The predicted octanol–water partition coefficient (Wildman–Crippen LogP) is 11.9. The number of halogens is 2. The van der Waals surface area contributed by atoms with E-state index in [2.05, 4.69) is 50.3 Å². The Bertz CT molecular complexity index is 1130. The Morgan fingerprint density at radius 3 is 1.23 bits per heavy atom. The van der Waals surface area contributed by atoms with Gasteiger partial charge in [-0.25, -0.2) is 0 Å². The number of hydrogen-bond donors (Lipinski definition) is 0. The van der Waals surface area contributed by atoms with Crippen molar-refractivity contribution in [3.63, 3.8) is 0 Å². The SMILES string of the molecule is CCCCCCCC=CC(=O)N1CCC(c2ccc(Cl)cc2)CC1.CCCCCCCC=CC(=O)N1CCC(c2ccc(Cl)cc2)CC1. The summed E-state index contributed by atoms with van der Waals surface area (Å²) in [5.74, 6) is 1.46. The van der Waals surface area contributed by atoms with E-state index in [4.69, 9.17) is 23.2 Å². The quantitative estimate of drug-likeness (QED) is 0.130. The zero-order valence-electron chi connectivity index (χ0n) is 29.7. The number of rotatable bonds is 16. The number of hydrogen-bond acceptors (Lipinski definition) is 2. The van der Waals surface area contributed by atoms with Crippen molar-refractivity contribution < 1.29 is 9.59 Å². The molecule has 2 amide bonds. The maximum Gasteiger partial charge on any atom is 0.246 e. The molecule has 2 heterocycles. The first kappa shape index (κ1) is 39.9. The van der Waals surface area contributed by atoms with E-state index < -0.39 is 0 Å². The Morgan fingerprint density at radius 1 is 0.562 bits per heavy atom. The molecule has 48 heavy (non-hydrogen) atoms. The third kappa shape index (κ3) is 15.3. The molecule has 0 bridgehead atoms. The Hall–Kier alpha value is -2.56. The number of amides is 2. The topological polar surface area (TPSA) is 40.6 Å². The largest absolute Gasteiger partial charge is 0.339 e. The van der Waals surface area contributed by atoms with Crippen LogP contribution in [0.1, 0.15) is 140 Å². The third-order valence-electron chi connectivity index (χ3n) is 9.77. The van der Waals surface area contributed by atoms with Crippen molar-refractivity contribution in [1.29, 1.82) is 0 Å². The fourth-order valence-corrected chi connectivity index (χ4v) is 6.90. The van der Waals surface area contributed by atoms with E-state index in [1.807, 2.05) is 34.1 Å². The van der Waals surface area contributed by atoms with E-state index >= 15 is 0 Å². The second-order valence-electron chi connectivity index (χ2n) is 13.5. The molecule has 0 spiro atoms. The summed E-state index contributed by atoms with van der Waals surface area (Å²) in [6.45, 7) is 7.88. The van der Waals surface area contributed by atoms with Crippen molar-refractivity contribution in [2.24, 2.45) is 0 Å². The fourth-order valence-electron chi connectivity index (χ4n) is 6.65. The highest BCUT2D eigenvalue weighted by atomic mass is 35.5. The number of likely N-dealkylation sites (tertiary alicyclic amines) is 2. The van der Waals surface area contributed by atoms with E-state index in [9.17, 15) is 9.59 Å². The van der Waals surface area contributed by atoms with Gasteiger partial charge in [0.05, 0.1) is 0 Å². The summed E-state index contributed by atoms with van der Waals surface area (Å²) in [6, 6.07) is 16.3. The van der Waals surface area contributed by atoms with E-state index in [0.717, 1.165) is 74.7 Å². The maximum absolute atomic E-state index is 12.2. The van der Waals surface area contributed by atoms with Crippen molar-refractivity contribution in [1.82, 2.24) is 9.80 Å². The van der Waals surface area contributed by atoms with Gasteiger partial charge in [0, 0.05) is 36.2 Å². The van der Waals surface area contributed by atoms with Crippen LogP contribution in [-0.2, 0) is 9.59 Å². The number of carbonyl (C=O) groups is 2. The van der Waals surface area contributed by atoms with E-state index in [-0.39, 0.29) is 11.8 Å². The van der Waals surface area contributed by atoms with E-state index in [0.29, 0.717) is 11.8 Å². The highest BCUT2D eigenvalue weighted by Crippen LogP contribution is 2.30. The lowest BCUT2D eigenvalue weighted by atomic mass is 9.89. The number of allylic oxidation sites excluding steroid dienone is 2. The second-order valence-corrected chi connectivity index (χ2v) is 14.4. The highest BCUT2D eigenvalue weighted by molar-refractivity contribution is 6.30. The van der Waals surface area contributed by atoms with Crippen LogP contribution in [0, 0.1) is 0 Å². The van der Waals surface area contributed by atoms with Crippen LogP contribution >= 0.6 is 23.2 Å². The highest BCUT2D eigenvalue weighted by Gasteiger charge is 2.23. The van der Waals surface area contributed by atoms with Crippen LogP contribution in [0.3, 0.4) is 0 Å². The van der Waals surface area contributed by atoms with Gasteiger partial charge >= 0.3 is 0 Å². The summed E-state index contributed by atoms with van der Waals surface area (Å²) in [4.78, 5) is 28.5. The van der Waals surface area contributed by atoms with Gasteiger partial charge in [0.25, 0.3) is 0 Å². The standard InChI is InChI=1S/2C21H30ClNO/c2*1-2-3-4-5-6-7-8-9-21(24)23-16-14-19(15-17-23)18-10-12-20(22)13-11-18/h2*8-13,19H,2-7,14-17H2,1H3. The van der Waals surface area contributed by atoms with E-state index in [1.54, 1.807) is 12.2 Å². The van der Waals surface area contributed by atoms with Gasteiger partial charge in [-0.3, -0.25) is 9.59 Å². The van der Waals surface area contributed by atoms with Crippen LogP contribution in [0.4, 0.5) is 0 Å². The summed E-state index contributed by atoms with van der Waals surface area (Å²) in [6.07, 6.45) is 26.7. The Morgan fingerprint density at radius 2 is 0.896 bits per heavy atom. The molecule has 0 saturated carbocycles. The zero-order chi connectivity index (χ0) is 34.4. The van der Waals surface area contributed by atoms with Crippen LogP contribution in [0.2, 0.25) is 10.0 Å². The predicted molar refractivity (Wildman–Crippen MR) is 205 cm³/mol. The van der Waals surface area contributed by atoms with Gasteiger partial charge in [0.15, 0.2) is 0 Å². The van der Waals surface area contributed by atoms with Gasteiger partial charge in [-0.2, -0.15) is 0 Å². The van der Waals surface area contributed by atoms with Crippen molar-refractivity contribution in [2.45, 2.75) is 128 Å². The second kappa shape index (κ2) is 23.7. The minimum Gasteiger partial charge on any atom is -0.339 e. The first-order valence-electron chi connectivity index (χ1n) is 18.8. The monoisotopic (exact) mass is 694 g/mol. The molecule has 4 nitrogen and oxygen atoms in total.